The van der Waals surface area contributed by atoms with E-state index in [1.165, 1.54) is 0 Å². The minimum atomic E-state index is 0.483. The van der Waals surface area contributed by atoms with Gasteiger partial charge in [-0.25, -0.2) is 0 Å². The van der Waals surface area contributed by atoms with E-state index in [0.29, 0.717) is 11.9 Å². The molecule has 11 heavy (non-hydrogen) atoms. The predicted molar refractivity (Wildman–Crippen MR) is 38.8 cm³/mol. The lowest BCUT2D eigenvalue weighted by molar-refractivity contribution is 0.0863. The average molecular weight is 155 g/mol. The summed E-state index contributed by atoms with van der Waals surface area (Å²) in [5.74, 6) is 0.707. The van der Waals surface area contributed by atoms with Gasteiger partial charge in [0.2, 0.25) is 5.88 Å². The molecule has 5 heteroatoms. The molecule has 0 aromatic rings. The Morgan fingerprint density at radius 1 is 1.73 bits per heavy atom. The molecule has 2 aliphatic rings. The van der Waals surface area contributed by atoms with Gasteiger partial charge in [0.25, 0.3) is 0 Å². The number of nitrogens with one attached hydrogen (secondary N) is 3. The molecule has 2 aliphatic heterocycles. The molecule has 0 spiro atoms. The standard InChI is InChI=1S/C6H11N4O/c1-2-7-3-5(1)9-6-4-8-10-11-6/h4-5,7-9H,1-3H2. The van der Waals surface area contributed by atoms with Crippen molar-refractivity contribution in [3.8, 4) is 0 Å². The fourth-order valence-electron chi connectivity index (χ4n) is 1.23. The van der Waals surface area contributed by atoms with Crippen LogP contribution >= 0.6 is 0 Å². The van der Waals surface area contributed by atoms with Gasteiger partial charge in [-0.2, -0.15) is 0 Å². The van der Waals surface area contributed by atoms with E-state index in [1.807, 2.05) is 0 Å². The summed E-state index contributed by atoms with van der Waals surface area (Å²) in [7, 11) is 0. The van der Waals surface area contributed by atoms with Crippen LogP contribution in [0.5, 0.6) is 0 Å². The van der Waals surface area contributed by atoms with Crippen molar-refractivity contribution in [3.05, 3.63) is 12.1 Å². The highest BCUT2D eigenvalue weighted by molar-refractivity contribution is 4.94. The molecule has 1 saturated heterocycles. The summed E-state index contributed by atoms with van der Waals surface area (Å²) >= 11 is 0. The molecule has 1 fully saturated rings. The van der Waals surface area contributed by atoms with Crippen LogP contribution in [-0.4, -0.2) is 19.1 Å². The molecule has 2 rings (SSSR count). The van der Waals surface area contributed by atoms with Crippen molar-refractivity contribution in [1.29, 1.82) is 0 Å². The Labute approximate surface area is 65.1 Å². The minimum Gasteiger partial charge on any atom is -0.349 e. The summed E-state index contributed by atoms with van der Waals surface area (Å²) in [6, 6.07) is 0.483. The fraction of sp³-hybridized carbons (Fsp3) is 0.667. The van der Waals surface area contributed by atoms with Crippen LogP contribution in [-0.2, 0) is 4.84 Å². The number of hydrogen-bond donors (Lipinski definition) is 3. The molecule has 61 valence electrons. The van der Waals surface area contributed by atoms with Crippen LogP contribution in [0.3, 0.4) is 0 Å². The Morgan fingerprint density at radius 3 is 3.36 bits per heavy atom. The number of nitrogens with zero attached hydrogens (tertiary/aromatic N) is 1. The quantitative estimate of drug-likeness (QED) is 0.468. The lowest BCUT2D eigenvalue weighted by Crippen LogP contribution is -2.30. The molecule has 0 aromatic carbocycles. The second-order valence-corrected chi connectivity index (χ2v) is 2.65. The molecule has 1 radical (unpaired) electrons. The van der Waals surface area contributed by atoms with Crippen molar-refractivity contribution >= 4 is 0 Å². The topological polar surface area (TPSA) is 59.4 Å². The van der Waals surface area contributed by atoms with E-state index in [1.54, 1.807) is 6.20 Å². The molecule has 1 atom stereocenters. The van der Waals surface area contributed by atoms with Gasteiger partial charge in [0.15, 0.2) is 0 Å². The van der Waals surface area contributed by atoms with Crippen molar-refractivity contribution in [2.24, 2.45) is 0 Å². The normalized spacial score (nSPS) is 29.1. The van der Waals surface area contributed by atoms with Crippen LogP contribution in [0.1, 0.15) is 6.42 Å². The first-order valence-corrected chi connectivity index (χ1v) is 3.75. The lowest BCUT2D eigenvalue weighted by atomic mass is 10.3. The van der Waals surface area contributed by atoms with Crippen LogP contribution in [0, 0.1) is 0 Å². The van der Waals surface area contributed by atoms with E-state index in [-0.39, 0.29) is 0 Å². The Morgan fingerprint density at radius 2 is 2.73 bits per heavy atom. The van der Waals surface area contributed by atoms with E-state index in [4.69, 9.17) is 4.84 Å². The van der Waals surface area contributed by atoms with Crippen LogP contribution in [0.2, 0.25) is 0 Å². The summed E-state index contributed by atoms with van der Waals surface area (Å²) < 4.78 is 0. The van der Waals surface area contributed by atoms with Gasteiger partial charge in [0, 0.05) is 12.6 Å². The number of hydrogen-bond acceptors (Lipinski definition) is 4. The molecule has 3 N–H and O–H groups in total. The van der Waals surface area contributed by atoms with Gasteiger partial charge in [0.05, 0.1) is 11.8 Å². The first-order valence-electron chi connectivity index (χ1n) is 3.75. The summed E-state index contributed by atoms with van der Waals surface area (Å²) in [4.78, 5) is 4.85. The fourth-order valence-corrected chi connectivity index (χ4v) is 1.23. The van der Waals surface area contributed by atoms with Gasteiger partial charge in [0.1, 0.15) is 0 Å². The molecular formula is C6H11N4O. The Balaban J connectivity index is 1.79. The molecule has 0 aromatic heterocycles. The maximum Gasteiger partial charge on any atom is 0.234 e. The van der Waals surface area contributed by atoms with E-state index in [2.05, 4.69) is 21.6 Å². The summed E-state index contributed by atoms with van der Waals surface area (Å²) in [5, 5.41) is 6.45. The highest BCUT2D eigenvalue weighted by atomic mass is 16.7. The molecule has 0 aliphatic carbocycles. The Hall–Kier alpha value is -0.940. The third-order valence-corrected chi connectivity index (χ3v) is 1.80. The van der Waals surface area contributed by atoms with Gasteiger partial charge in [-0.05, 0) is 13.0 Å². The molecular weight excluding hydrogens is 144 g/mol. The maximum atomic E-state index is 4.85. The molecule has 5 nitrogen and oxygen atoms in total. The SMILES string of the molecule is C1=C(NC2CCNC2)O[N]N1. The summed E-state index contributed by atoms with van der Waals surface area (Å²) in [5.41, 5.74) is 6.09. The summed E-state index contributed by atoms with van der Waals surface area (Å²) in [6.45, 7) is 2.08. The molecule has 0 saturated carbocycles. The second-order valence-electron chi connectivity index (χ2n) is 2.65. The van der Waals surface area contributed by atoms with Crippen molar-refractivity contribution < 1.29 is 4.84 Å². The third-order valence-electron chi connectivity index (χ3n) is 1.80. The van der Waals surface area contributed by atoms with E-state index < -0.39 is 0 Å². The van der Waals surface area contributed by atoms with E-state index in [9.17, 15) is 0 Å². The number of rotatable bonds is 2. The highest BCUT2D eigenvalue weighted by Gasteiger charge is 2.17. The Bertz CT molecular complexity index is 164. The van der Waals surface area contributed by atoms with Gasteiger partial charge < -0.3 is 15.5 Å². The van der Waals surface area contributed by atoms with Crippen molar-refractivity contribution in [2.75, 3.05) is 13.1 Å². The van der Waals surface area contributed by atoms with Gasteiger partial charge in [-0.15, -0.1) is 0 Å². The third kappa shape index (κ3) is 1.55. The summed E-state index contributed by atoms with van der Waals surface area (Å²) in [6.07, 6.45) is 2.85. The highest BCUT2D eigenvalue weighted by Crippen LogP contribution is 2.02. The molecule has 0 amide bonds. The lowest BCUT2D eigenvalue weighted by Gasteiger charge is -2.10. The van der Waals surface area contributed by atoms with Crippen molar-refractivity contribution in [1.82, 2.24) is 21.6 Å². The second kappa shape index (κ2) is 2.98. The minimum absolute atomic E-state index is 0.483. The first-order chi connectivity index (χ1) is 5.45. The molecule has 1 unspecified atom stereocenters. The van der Waals surface area contributed by atoms with E-state index >= 15 is 0 Å². The van der Waals surface area contributed by atoms with Crippen molar-refractivity contribution in [2.45, 2.75) is 12.5 Å². The molecule has 2 heterocycles. The average Bonchev–Trinajstić information content (AvgIpc) is 2.60. The van der Waals surface area contributed by atoms with Crippen LogP contribution < -0.4 is 21.6 Å². The zero-order valence-electron chi connectivity index (χ0n) is 6.13. The van der Waals surface area contributed by atoms with Crippen LogP contribution in [0.15, 0.2) is 12.1 Å². The maximum absolute atomic E-state index is 4.85. The Kier molecular flexibility index (Phi) is 1.83. The van der Waals surface area contributed by atoms with E-state index in [0.717, 1.165) is 19.5 Å². The smallest absolute Gasteiger partial charge is 0.234 e. The molecule has 0 bridgehead atoms. The zero-order valence-corrected chi connectivity index (χ0v) is 6.13. The zero-order chi connectivity index (χ0) is 7.52. The van der Waals surface area contributed by atoms with Gasteiger partial charge in [-0.1, -0.05) is 0 Å². The largest absolute Gasteiger partial charge is 0.349 e. The first kappa shape index (κ1) is 6.75. The predicted octanol–water partition coefficient (Wildman–Crippen LogP) is -1.21. The van der Waals surface area contributed by atoms with Crippen LogP contribution in [0.4, 0.5) is 0 Å². The van der Waals surface area contributed by atoms with Crippen molar-refractivity contribution in [3.63, 3.8) is 0 Å². The van der Waals surface area contributed by atoms with Gasteiger partial charge in [-0.3, -0.25) is 5.43 Å². The monoisotopic (exact) mass is 155 g/mol. The van der Waals surface area contributed by atoms with Crippen LogP contribution in [0.25, 0.3) is 0 Å². The van der Waals surface area contributed by atoms with Gasteiger partial charge >= 0.3 is 0 Å².